The molecule has 0 saturated carbocycles. The molecule has 0 heterocycles. The lowest BCUT2D eigenvalue weighted by atomic mass is 10.1. The van der Waals surface area contributed by atoms with Gasteiger partial charge in [0.05, 0.1) is 7.11 Å². The summed E-state index contributed by atoms with van der Waals surface area (Å²) in [4.78, 5) is 0. The number of rotatable bonds is 4. The molecule has 2 N–H and O–H groups in total. The van der Waals surface area contributed by atoms with Gasteiger partial charge in [-0.1, -0.05) is 27.5 Å². The summed E-state index contributed by atoms with van der Waals surface area (Å²) in [5, 5.41) is 13.8. The van der Waals surface area contributed by atoms with Gasteiger partial charge in [0.25, 0.3) is 0 Å². The Labute approximate surface area is 139 Å². The van der Waals surface area contributed by atoms with E-state index in [1.165, 1.54) is 7.11 Å². The summed E-state index contributed by atoms with van der Waals surface area (Å²) in [6, 6.07) is 9.11. The SMILES string of the molecule is COc1cc(Cl)cc(CNc2cc(Br)ccc2Br)c1O. The van der Waals surface area contributed by atoms with Crippen molar-refractivity contribution in [3.8, 4) is 11.5 Å². The fraction of sp³-hybridized carbons (Fsp3) is 0.143. The number of anilines is 1. The minimum Gasteiger partial charge on any atom is -0.504 e. The quantitative estimate of drug-likeness (QED) is 0.714. The summed E-state index contributed by atoms with van der Waals surface area (Å²) in [5.41, 5.74) is 1.58. The number of nitrogens with one attached hydrogen (secondary N) is 1. The van der Waals surface area contributed by atoms with Gasteiger partial charge in [-0.2, -0.15) is 0 Å². The lowest BCUT2D eigenvalue weighted by Gasteiger charge is -2.13. The molecular formula is C14H12Br2ClNO2. The second kappa shape index (κ2) is 6.70. The number of benzene rings is 2. The van der Waals surface area contributed by atoms with Gasteiger partial charge in [-0.05, 0) is 40.2 Å². The second-order valence-electron chi connectivity index (χ2n) is 4.09. The fourth-order valence-corrected chi connectivity index (χ4v) is 2.72. The van der Waals surface area contributed by atoms with E-state index in [4.69, 9.17) is 16.3 Å². The molecule has 0 aliphatic carbocycles. The summed E-state index contributed by atoms with van der Waals surface area (Å²) in [6.07, 6.45) is 0. The molecule has 0 amide bonds. The molecule has 6 heteroatoms. The van der Waals surface area contributed by atoms with Gasteiger partial charge in [0, 0.05) is 37.8 Å². The van der Waals surface area contributed by atoms with Crippen LogP contribution in [0, 0.1) is 0 Å². The normalized spacial score (nSPS) is 10.4. The van der Waals surface area contributed by atoms with Crippen LogP contribution in [0.3, 0.4) is 0 Å². The predicted molar refractivity (Wildman–Crippen MR) is 88.8 cm³/mol. The summed E-state index contributed by atoms with van der Waals surface area (Å²) in [5.74, 6) is 0.457. The molecule has 0 radical (unpaired) electrons. The molecule has 106 valence electrons. The lowest BCUT2D eigenvalue weighted by molar-refractivity contribution is 0.371. The van der Waals surface area contributed by atoms with Gasteiger partial charge in [-0.25, -0.2) is 0 Å². The number of methoxy groups -OCH3 is 1. The van der Waals surface area contributed by atoms with Gasteiger partial charge in [0.15, 0.2) is 11.5 Å². The van der Waals surface area contributed by atoms with Crippen LogP contribution in [-0.2, 0) is 6.54 Å². The number of phenolic OH excluding ortho intramolecular Hbond substituents is 1. The molecule has 2 aromatic rings. The zero-order valence-electron chi connectivity index (χ0n) is 10.6. The monoisotopic (exact) mass is 419 g/mol. The van der Waals surface area contributed by atoms with Crippen molar-refractivity contribution >= 4 is 49.1 Å². The van der Waals surface area contributed by atoms with Crippen LogP contribution in [0.25, 0.3) is 0 Å². The van der Waals surface area contributed by atoms with Crippen molar-refractivity contribution in [3.63, 3.8) is 0 Å². The maximum atomic E-state index is 10.1. The van der Waals surface area contributed by atoms with Crippen molar-refractivity contribution in [2.75, 3.05) is 12.4 Å². The Morgan fingerprint density at radius 2 is 2.00 bits per heavy atom. The highest BCUT2D eigenvalue weighted by Gasteiger charge is 2.10. The first kappa shape index (κ1) is 15.5. The smallest absolute Gasteiger partial charge is 0.162 e. The van der Waals surface area contributed by atoms with E-state index in [0.29, 0.717) is 22.9 Å². The summed E-state index contributed by atoms with van der Waals surface area (Å²) >= 11 is 12.9. The van der Waals surface area contributed by atoms with Crippen molar-refractivity contribution in [2.24, 2.45) is 0 Å². The largest absolute Gasteiger partial charge is 0.504 e. The van der Waals surface area contributed by atoms with Crippen LogP contribution < -0.4 is 10.1 Å². The average molecular weight is 422 g/mol. The van der Waals surface area contributed by atoms with E-state index in [-0.39, 0.29) is 5.75 Å². The maximum absolute atomic E-state index is 10.1. The third-order valence-electron chi connectivity index (χ3n) is 2.74. The molecule has 0 fully saturated rings. The zero-order valence-corrected chi connectivity index (χ0v) is 14.5. The van der Waals surface area contributed by atoms with Crippen molar-refractivity contribution < 1.29 is 9.84 Å². The fourth-order valence-electron chi connectivity index (χ4n) is 1.74. The number of phenols is 1. The van der Waals surface area contributed by atoms with Crippen molar-refractivity contribution in [1.82, 2.24) is 0 Å². The first-order chi connectivity index (χ1) is 9.51. The first-order valence-corrected chi connectivity index (χ1v) is 7.72. The van der Waals surface area contributed by atoms with Crippen molar-refractivity contribution in [3.05, 3.63) is 49.9 Å². The van der Waals surface area contributed by atoms with Gasteiger partial charge in [0.1, 0.15) is 0 Å². The van der Waals surface area contributed by atoms with E-state index in [2.05, 4.69) is 37.2 Å². The minimum absolute atomic E-state index is 0.0931. The molecule has 0 aliphatic heterocycles. The highest BCUT2D eigenvalue weighted by molar-refractivity contribution is 9.11. The Morgan fingerprint density at radius 1 is 1.25 bits per heavy atom. The van der Waals surface area contributed by atoms with Crippen LogP contribution in [0.4, 0.5) is 5.69 Å². The van der Waals surface area contributed by atoms with Gasteiger partial charge >= 0.3 is 0 Å². The Morgan fingerprint density at radius 3 is 2.70 bits per heavy atom. The van der Waals surface area contributed by atoms with Crippen LogP contribution in [-0.4, -0.2) is 12.2 Å². The number of halogens is 3. The van der Waals surface area contributed by atoms with Gasteiger partial charge in [-0.3, -0.25) is 0 Å². The summed E-state index contributed by atoms with van der Waals surface area (Å²) < 4.78 is 6.99. The van der Waals surface area contributed by atoms with Crippen LogP contribution in [0.15, 0.2) is 39.3 Å². The number of aromatic hydroxyl groups is 1. The molecule has 0 unspecified atom stereocenters. The van der Waals surface area contributed by atoms with Crippen LogP contribution in [0.1, 0.15) is 5.56 Å². The van der Waals surface area contributed by atoms with Crippen molar-refractivity contribution in [2.45, 2.75) is 6.54 Å². The van der Waals surface area contributed by atoms with E-state index in [0.717, 1.165) is 14.6 Å². The van der Waals surface area contributed by atoms with E-state index >= 15 is 0 Å². The molecular weight excluding hydrogens is 409 g/mol. The third-order valence-corrected chi connectivity index (χ3v) is 4.14. The Kier molecular flexibility index (Phi) is 5.18. The van der Waals surface area contributed by atoms with E-state index < -0.39 is 0 Å². The number of hydrogen-bond donors (Lipinski definition) is 2. The molecule has 0 spiro atoms. The maximum Gasteiger partial charge on any atom is 0.162 e. The predicted octanol–water partition coefficient (Wildman–Crippen LogP) is 5.19. The van der Waals surface area contributed by atoms with E-state index in [9.17, 15) is 5.11 Å². The van der Waals surface area contributed by atoms with Gasteiger partial charge in [-0.15, -0.1) is 0 Å². The third kappa shape index (κ3) is 3.59. The van der Waals surface area contributed by atoms with Crippen molar-refractivity contribution in [1.29, 1.82) is 0 Å². The topological polar surface area (TPSA) is 41.5 Å². The second-order valence-corrected chi connectivity index (χ2v) is 6.30. The Bertz CT molecular complexity index is 635. The molecule has 0 atom stereocenters. The minimum atomic E-state index is 0.0931. The molecule has 0 aromatic heterocycles. The Hall–Kier alpha value is -0.910. The average Bonchev–Trinajstić information content (AvgIpc) is 2.42. The number of ether oxygens (including phenoxy) is 1. The molecule has 0 saturated heterocycles. The molecule has 2 rings (SSSR count). The molecule has 0 aliphatic rings. The highest BCUT2D eigenvalue weighted by atomic mass is 79.9. The molecule has 3 nitrogen and oxygen atoms in total. The molecule has 2 aromatic carbocycles. The zero-order chi connectivity index (χ0) is 14.7. The molecule has 20 heavy (non-hydrogen) atoms. The Balaban J connectivity index is 2.23. The summed E-state index contributed by atoms with van der Waals surface area (Å²) in [6.45, 7) is 0.428. The van der Waals surface area contributed by atoms with Gasteiger partial charge < -0.3 is 15.2 Å². The van der Waals surface area contributed by atoms with Crippen LogP contribution in [0.5, 0.6) is 11.5 Å². The standard InChI is InChI=1S/C14H12Br2ClNO2/c1-20-13-6-10(17)4-8(14(13)19)7-18-12-5-9(15)2-3-11(12)16/h2-6,18-19H,7H2,1H3. The number of hydrogen-bond acceptors (Lipinski definition) is 3. The van der Waals surface area contributed by atoms with E-state index in [1.807, 2.05) is 18.2 Å². The highest BCUT2D eigenvalue weighted by Crippen LogP contribution is 2.34. The van der Waals surface area contributed by atoms with Gasteiger partial charge in [0.2, 0.25) is 0 Å². The van der Waals surface area contributed by atoms with Crippen LogP contribution >= 0.6 is 43.5 Å². The van der Waals surface area contributed by atoms with E-state index in [1.54, 1.807) is 12.1 Å². The lowest BCUT2D eigenvalue weighted by Crippen LogP contribution is -2.01. The molecule has 0 bridgehead atoms. The first-order valence-electron chi connectivity index (χ1n) is 5.75. The van der Waals surface area contributed by atoms with Crippen LogP contribution in [0.2, 0.25) is 5.02 Å². The summed E-state index contributed by atoms with van der Waals surface area (Å²) in [7, 11) is 1.49.